The van der Waals surface area contributed by atoms with Crippen LogP contribution in [-0.4, -0.2) is 71.4 Å². The van der Waals surface area contributed by atoms with E-state index in [-0.39, 0.29) is 0 Å². The highest BCUT2D eigenvalue weighted by Gasteiger charge is 2.25. The molecule has 0 saturated carbocycles. The van der Waals surface area contributed by atoms with E-state index >= 15 is 0 Å². The number of hydrogen-bond acceptors (Lipinski definition) is 6. The molecule has 0 unspecified atom stereocenters. The Labute approximate surface area is 137 Å². The zero-order valence-corrected chi connectivity index (χ0v) is 14.9. The van der Waals surface area contributed by atoms with Gasteiger partial charge in [0.15, 0.2) is 11.5 Å². The maximum atomic E-state index is 11.6. The van der Waals surface area contributed by atoms with Crippen LogP contribution in [0, 0.1) is 0 Å². The largest absolute Gasteiger partial charge is 0.493 e. The zero-order valence-electron chi connectivity index (χ0n) is 14.0. The van der Waals surface area contributed by atoms with E-state index in [1.807, 2.05) is 12.1 Å². The van der Waals surface area contributed by atoms with Crippen LogP contribution in [-0.2, 0) is 16.6 Å². The van der Waals surface area contributed by atoms with Crippen molar-refractivity contribution in [2.24, 2.45) is 0 Å². The lowest BCUT2D eigenvalue weighted by Gasteiger charge is -2.33. The minimum absolute atomic E-state index is 0.508. The van der Waals surface area contributed by atoms with Gasteiger partial charge in [0.1, 0.15) is 0 Å². The minimum Gasteiger partial charge on any atom is -0.493 e. The van der Waals surface area contributed by atoms with Crippen LogP contribution < -0.4 is 14.2 Å². The molecule has 0 bridgehead atoms. The van der Waals surface area contributed by atoms with Crippen molar-refractivity contribution in [1.82, 2.24) is 9.21 Å². The molecule has 1 aromatic rings. The summed E-state index contributed by atoms with van der Waals surface area (Å²) in [6.07, 6.45) is 1.25. The first-order valence-corrected chi connectivity index (χ1v) is 9.20. The van der Waals surface area contributed by atoms with Crippen molar-refractivity contribution in [3.63, 3.8) is 0 Å². The SMILES string of the molecule is COc1ccc(CN2CCN(S(C)(=O)=O)CC2)c(OC)c1OC. The van der Waals surface area contributed by atoms with E-state index in [1.54, 1.807) is 21.3 Å². The number of methoxy groups -OCH3 is 3. The number of hydrogen-bond donors (Lipinski definition) is 0. The Hall–Kier alpha value is -1.51. The highest BCUT2D eigenvalue weighted by Crippen LogP contribution is 2.40. The molecule has 1 saturated heterocycles. The second-order valence-electron chi connectivity index (χ2n) is 5.43. The molecule has 1 aromatic carbocycles. The van der Waals surface area contributed by atoms with Crippen molar-refractivity contribution in [3.05, 3.63) is 17.7 Å². The van der Waals surface area contributed by atoms with Crippen molar-refractivity contribution in [1.29, 1.82) is 0 Å². The van der Waals surface area contributed by atoms with Crippen LogP contribution in [0.4, 0.5) is 0 Å². The molecule has 1 fully saturated rings. The normalized spacial score (nSPS) is 17.0. The lowest BCUT2D eigenvalue weighted by molar-refractivity contribution is 0.180. The molecule has 0 N–H and O–H groups in total. The van der Waals surface area contributed by atoms with Crippen LogP contribution in [0.1, 0.15) is 5.56 Å². The molecule has 7 nitrogen and oxygen atoms in total. The second-order valence-corrected chi connectivity index (χ2v) is 7.41. The molecular weight excluding hydrogens is 320 g/mol. The Morgan fingerprint density at radius 3 is 2.04 bits per heavy atom. The van der Waals surface area contributed by atoms with E-state index in [4.69, 9.17) is 14.2 Å². The van der Waals surface area contributed by atoms with Crippen LogP contribution in [0.15, 0.2) is 12.1 Å². The maximum Gasteiger partial charge on any atom is 0.211 e. The van der Waals surface area contributed by atoms with Crippen LogP contribution in [0.5, 0.6) is 17.2 Å². The molecule has 0 aliphatic carbocycles. The smallest absolute Gasteiger partial charge is 0.211 e. The topological polar surface area (TPSA) is 68.3 Å². The van der Waals surface area contributed by atoms with E-state index in [1.165, 1.54) is 10.6 Å². The Balaban J connectivity index is 2.12. The van der Waals surface area contributed by atoms with Gasteiger partial charge in [-0.15, -0.1) is 0 Å². The molecule has 130 valence electrons. The van der Waals surface area contributed by atoms with E-state index < -0.39 is 10.0 Å². The first kappa shape index (κ1) is 17.8. The Morgan fingerprint density at radius 1 is 0.957 bits per heavy atom. The molecule has 0 radical (unpaired) electrons. The Morgan fingerprint density at radius 2 is 1.57 bits per heavy atom. The average molecular weight is 344 g/mol. The summed E-state index contributed by atoms with van der Waals surface area (Å²) >= 11 is 0. The van der Waals surface area contributed by atoms with Crippen molar-refractivity contribution < 1.29 is 22.6 Å². The molecular formula is C15H24N2O5S. The van der Waals surface area contributed by atoms with Gasteiger partial charge in [-0.2, -0.15) is 4.31 Å². The number of nitrogens with zero attached hydrogens (tertiary/aromatic N) is 2. The van der Waals surface area contributed by atoms with Crippen molar-refractivity contribution >= 4 is 10.0 Å². The lowest BCUT2D eigenvalue weighted by Crippen LogP contribution is -2.47. The van der Waals surface area contributed by atoms with Crippen molar-refractivity contribution in [2.45, 2.75) is 6.54 Å². The first-order chi connectivity index (χ1) is 10.9. The summed E-state index contributed by atoms with van der Waals surface area (Å²) in [5.74, 6) is 1.84. The summed E-state index contributed by atoms with van der Waals surface area (Å²) in [6, 6.07) is 3.80. The monoisotopic (exact) mass is 344 g/mol. The van der Waals surface area contributed by atoms with Crippen molar-refractivity contribution in [3.8, 4) is 17.2 Å². The zero-order chi connectivity index (χ0) is 17.0. The summed E-state index contributed by atoms with van der Waals surface area (Å²) in [5, 5.41) is 0. The average Bonchev–Trinajstić information content (AvgIpc) is 2.53. The van der Waals surface area contributed by atoms with Crippen LogP contribution in [0.3, 0.4) is 0 Å². The molecule has 1 aliphatic rings. The van der Waals surface area contributed by atoms with Gasteiger partial charge in [0, 0.05) is 38.3 Å². The number of benzene rings is 1. The van der Waals surface area contributed by atoms with Crippen molar-refractivity contribution in [2.75, 3.05) is 53.8 Å². The minimum atomic E-state index is -3.11. The third kappa shape index (κ3) is 4.07. The van der Waals surface area contributed by atoms with Gasteiger partial charge in [-0.3, -0.25) is 4.90 Å². The summed E-state index contributed by atoms with van der Waals surface area (Å²) in [6.45, 7) is 3.05. The quantitative estimate of drug-likeness (QED) is 0.760. The fourth-order valence-corrected chi connectivity index (χ4v) is 3.57. The summed E-state index contributed by atoms with van der Waals surface area (Å²) < 4.78 is 40.8. The molecule has 1 heterocycles. The van der Waals surface area contributed by atoms with Gasteiger partial charge in [0.2, 0.25) is 15.8 Å². The molecule has 2 rings (SSSR count). The molecule has 0 aromatic heterocycles. The van der Waals surface area contributed by atoms with E-state index in [0.717, 1.165) is 5.56 Å². The fourth-order valence-electron chi connectivity index (χ4n) is 2.75. The van der Waals surface area contributed by atoms with E-state index in [0.29, 0.717) is 50.0 Å². The van der Waals surface area contributed by atoms with E-state index in [9.17, 15) is 8.42 Å². The number of rotatable bonds is 6. The molecule has 0 amide bonds. The number of piperazine rings is 1. The molecule has 8 heteroatoms. The van der Waals surface area contributed by atoms with Gasteiger partial charge in [-0.05, 0) is 6.07 Å². The third-order valence-corrected chi connectivity index (χ3v) is 5.28. The Kier molecular flexibility index (Phi) is 5.72. The first-order valence-electron chi connectivity index (χ1n) is 7.36. The van der Waals surface area contributed by atoms with Crippen LogP contribution in [0.25, 0.3) is 0 Å². The van der Waals surface area contributed by atoms with Gasteiger partial charge < -0.3 is 14.2 Å². The van der Waals surface area contributed by atoms with Gasteiger partial charge in [-0.25, -0.2) is 8.42 Å². The fraction of sp³-hybridized carbons (Fsp3) is 0.600. The number of sulfonamides is 1. The van der Waals surface area contributed by atoms with Gasteiger partial charge in [-0.1, -0.05) is 6.07 Å². The van der Waals surface area contributed by atoms with Gasteiger partial charge in [0.05, 0.1) is 27.6 Å². The van der Waals surface area contributed by atoms with Crippen LogP contribution in [0.2, 0.25) is 0 Å². The predicted octanol–water partition coefficient (Wildman–Crippen LogP) is 0.790. The standard InChI is InChI=1S/C15H24N2O5S/c1-20-13-6-5-12(14(21-2)15(13)22-3)11-16-7-9-17(10-8-16)23(4,18)19/h5-6H,7-11H2,1-4H3. The molecule has 0 spiro atoms. The molecule has 1 aliphatic heterocycles. The Bertz CT molecular complexity index is 640. The predicted molar refractivity (Wildman–Crippen MR) is 87.8 cm³/mol. The molecule has 23 heavy (non-hydrogen) atoms. The van der Waals surface area contributed by atoms with Crippen LogP contribution >= 0.6 is 0 Å². The molecule has 0 atom stereocenters. The second kappa shape index (κ2) is 7.37. The summed E-state index contributed by atoms with van der Waals surface area (Å²) in [5.41, 5.74) is 0.984. The van der Waals surface area contributed by atoms with E-state index in [2.05, 4.69) is 4.90 Å². The van der Waals surface area contributed by atoms with Gasteiger partial charge in [0.25, 0.3) is 0 Å². The lowest BCUT2D eigenvalue weighted by atomic mass is 10.1. The van der Waals surface area contributed by atoms with Gasteiger partial charge >= 0.3 is 0 Å². The maximum absolute atomic E-state index is 11.6. The number of ether oxygens (including phenoxy) is 3. The summed E-state index contributed by atoms with van der Waals surface area (Å²) in [7, 11) is 1.65. The highest BCUT2D eigenvalue weighted by atomic mass is 32.2. The highest BCUT2D eigenvalue weighted by molar-refractivity contribution is 7.88. The summed E-state index contributed by atoms with van der Waals surface area (Å²) in [4.78, 5) is 2.20. The third-order valence-electron chi connectivity index (χ3n) is 3.98.